The number of hydrogen-bond donors (Lipinski definition) is 11. The van der Waals surface area contributed by atoms with Crippen LogP contribution in [0.5, 0.6) is 0 Å². The van der Waals surface area contributed by atoms with Gasteiger partial charge >= 0.3 is 169 Å². The molecule has 0 fully saturated rings. The van der Waals surface area contributed by atoms with Gasteiger partial charge in [-0.1, -0.05) is 6.42 Å². The fraction of sp³-hybridized carbons (Fsp3) is 1.00. The molecular weight excluding hydrogens is 641 g/mol. The Kier molecular flexibility index (Phi) is 18.9. The molecule has 0 rings (SSSR count). The van der Waals surface area contributed by atoms with Crippen molar-refractivity contribution in [1.29, 1.82) is 0 Å². The van der Waals surface area contributed by atoms with E-state index in [-0.39, 0.29) is 13.1 Å². The van der Waals surface area contributed by atoms with Gasteiger partial charge in [0.05, 0.1) is 0 Å². The third kappa shape index (κ3) is 28.9. The molecule has 244 valence electrons. The molecule has 0 amide bonds. The van der Waals surface area contributed by atoms with E-state index in [9.17, 15) is 42.7 Å². The van der Waals surface area contributed by atoms with Gasteiger partial charge in [0.1, 0.15) is 12.6 Å². The zero-order chi connectivity index (χ0) is 31.3. The van der Waals surface area contributed by atoms with Crippen molar-refractivity contribution in [2.45, 2.75) is 51.4 Å². The van der Waals surface area contributed by atoms with Gasteiger partial charge in [-0.2, -0.15) is 0 Å². The maximum atomic E-state index is 11.5. The first-order valence-electron chi connectivity index (χ1n) is 12.5. The Labute approximate surface area is 234 Å². The van der Waals surface area contributed by atoms with Gasteiger partial charge in [0.15, 0.2) is 0 Å². The molecule has 0 unspecified atom stereocenters. The van der Waals surface area contributed by atoms with E-state index >= 15 is 0 Å². The van der Waals surface area contributed by atoms with Gasteiger partial charge in [-0.15, -0.1) is 0 Å². The van der Waals surface area contributed by atoms with E-state index in [1.54, 1.807) is 4.90 Å². The second-order valence-electron chi connectivity index (χ2n) is 9.89. The zero-order valence-electron chi connectivity index (χ0n) is 22.2. The van der Waals surface area contributed by atoms with E-state index in [1.165, 1.54) is 0 Å². The fourth-order valence-electron chi connectivity index (χ4n) is 4.03. The zero-order valence-corrected chi connectivity index (χ0v) is 26.8. The van der Waals surface area contributed by atoms with Crippen molar-refractivity contribution in [1.82, 2.24) is 14.7 Å². The Morgan fingerprint density at radius 1 is 0.400 bits per heavy atom. The molecule has 11 N–H and O–H groups in total. The third-order valence-corrected chi connectivity index (χ3v) is 9.32. The molecule has 0 saturated heterocycles. The van der Waals surface area contributed by atoms with Gasteiger partial charge in [-0.25, -0.2) is 0 Å². The monoisotopic (exact) mass is 687 g/mol. The van der Waals surface area contributed by atoms with Crippen molar-refractivity contribution in [2.75, 3.05) is 57.6 Å². The summed E-state index contributed by atoms with van der Waals surface area (Å²) in [4.78, 5) is 105. The Morgan fingerprint density at radius 2 is 0.650 bits per heavy atom. The molecule has 0 atom stereocenters. The van der Waals surface area contributed by atoms with Crippen molar-refractivity contribution in [3.63, 3.8) is 0 Å². The van der Waals surface area contributed by atoms with Gasteiger partial charge in [0, 0.05) is 0 Å². The van der Waals surface area contributed by atoms with E-state index in [1.807, 2.05) is 0 Å². The Hall–Kier alpha value is 0.790. The summed E-state index contributed by atoms with van der Waals surface area (Å²) in [5, 5.41) is 0. The van der Waals surface area contributed by atoms with Crippen molar-refractivity contribution in [2.24, 2.45) is 0 Å². The predicted molar refractivity (Wildman–Crippen MR) is 149 cm³/mol. The molecular formula is C17H46N3O15P5. The summed E-state index contributed by atoms with van der Waals surface area (Å²) in [5.74, 6) is 0. The molecule has 0 radical (unpaired) electrons. The number of hydrogen-bond acceptors (Lipinski definition) is 10. The first kappa shape index (κ1) is 40.8. The number of rotatable bonds is 24. The quantitative estimate of drug-likeness (QED) is 0.0469. The minimum absolute atomic E-state index is 0.0616. The third-order valence-electron chi connectivity index (χ3n) is 5.37. The molecule has 0 saturated carbocycles. The van der Waals surface area contributed by atoms with E-state index in [4.69, 9.17) is 29.4 Å². The molecule has 23 heteroatoms. The van der Waals surface area contributed by atoms with Crippen LogP contribution in [0.15, 0.2) is 0 Å². The molecule has 0 aromatic heterocycles. The first-order chi connectivity index (χ1) is 17.9. The Morgan fingerprint density at radius 3 is 0.950 bits per heavy atom. The SMILES string of the molecule is O=P(O)(O)CN(CCCCCCN(CP(=O)(O)O)CP(=O)(O)O)CCCCCCN(CP(=O)(O)O)C[PH](O)(O)O. The number of nitrogens with zero attached hydrogens (tertiary/aromatic N) is 3. The van der Waals surface area contributed by atoms with Crippen molar-refractivity contribution >= 4 is 38.3 Å². The van der Waals surface area contributed by atoms with E-state index in [0.29, 0.717) is 64.5 Å². The molecule has 0 aliphatic heterocycles. The summed E-state index contributed by atoms with van der Waals surface area (Å²) >= 11 is 0. The molecule has 0 bridgehead atoms. The van der Waals surface area contributed by atoms with Crippen LogP contribution in [-0.2, 0) is 18.3 Å². The molecule has 0 spiro atoms. The average Bonchev–Trinajstić information content (AvgIpc) is 2.66. The van der Waals surface area contributed by atoms with Crippen LogP contribution in [0.4, 0.5) is 0 Å². The second kappa shape index (κ2) is 18.6. The molecule has 0 heterocycles. The van der Waals surface area contributed by atoms with Gasteiger partial charge in [-0.05, 0) is 13.0 Å². The standard InChI is InChI=1S/C17H46N3O15P5/c21-36(22,23)13-18(9-5-1-3-7-11-19(14-37(24,25)26)15-38(27,28)29)10-6-2-4-8-12-20(16-39(30,31)32)17-40(33,34)35/h24-26,37H,1-17H2,(H2,21,22,23)(H2,27,28,29)(H2,30,31,32)(H2,33,34,35). The van der Waals surface area contributed by atoms with E-state index < -0.39 is 69.8 Å². The van der Waals surface area contributed by atoms with Gasteiger partial charge in [-0.3, -0.25) is 14.0 Å². The average molecular weight is 687 g/mol. The Bertz CT molecular complexity index is 875. The summed E-state index contributed by atoms with van der Waals surface area (Å²) < 4.78 is 45.1. The van der Waals surface area contributed by atoms with Crippen LogP contribution in [0, 0.1) is 0 Å². The van der Waals surface area contributed by atoms with Crippen LogP contribution in [0.25, 0.3) is 0 Å². The minimum atomic E-state index is -4.54. The van der Waals surface area contributed by atoms with Crippen molar-refractivity contribution in [3.8, 4) is 0 Å². The van der Waals surface area contributed by atoms with Gasteiger partial charge < -0.3 is 19.6 Å². The molecule has 0 aliphatic rings. The van der Waals surface area contributed by atoms with Crippen LogP contribution in [0.1, 0.15) is 51.4 Å². The van der Waals surface area contributed by atoms with Crippen molar-refractivity contribution < 1.29 is 72.1 Å². The molecule has 40 heavy (non-hydrogen) atoms. The molecule has 0 aliphatic carbocycles. The van der Waals surface area contributed by atoms with Gasteiger partial charge in [0.25, 0.3) is 0 Å². The van der Waals surface area contributed by atoms with E-state index in [0.717, 1.165) is 9.80 Å². The first-order valence-corrected chi connectivity index (χ1v) is 21.7. The van der Waals surface area contributed by atoms with Crippen LogP contribution in [0.3, 0.4) is 0 Å². The molecule has 0 aromatic carbocycles. The van der Waals surface area contributed by atoms with Crippen LogP contribution in [-0.4, -0.2) is 126 Å². The second-order valence-corrected chi connectivity index (χ2v) is 18.2. The summed E-state index contributed by atoms with van der Waals surface area (Å²) in [6.45, 7) is 0.904. The normalized spacial score (nSPS) is 14.6. The van der Waals surface area contributed by atoms with Gasteiger partial charge in [0.2, 0.25) is 0 Å². The summed E-state index contributed by atoms with van der Waals surface area (Å²) in [6.07, 6.45) is 0.974. The molecule has 18 nitrogen and oxygen atoms in total. The maximum absolute atomic E-state index is 11.5. The summed E-state index contributed by atoms with van der Waals surface area (Å²) in [5.41, 5.74) is 0. The Balaban J connectivity index is 4.51. The summed E-state index contributed by atoms with van der Waals surface area (Å²) in [7, 11) is -22.4. The van der Waals surface area contributed by atoms with Crippen LogP contribution >= 0.6 is 38.3 Å². The number of unbranched alkanes of at least 4 members (excludes halogenated alkanes) is 6. The van der Waals surface area contributed by atoms with Crippen molar-refractivity contribution in [3.05, 3.63) is 0 Å². The fourth-order valence-corrected chi connectivity index (χ4v) is 8.34. The van der Waals surface area contributed by atoms with Crippen LogP contribution in [0.2, 0.25) is 0 Å². The van der Waals surface area contributed by atoms with E-state index in [2.05, 4.69) is 0 Å². The summed E-state index contributed by atoms with van der Waals surface area (Å²) in [6, 6.07) is 0. The van der Waals surface area contributed by atoms with Crippen LogP contribution < -0.4 is 0 Å². The predicted octanol–water partition coefficient (Wildman–Crippen LogP) is -0.0167. The topological polar surface area (TPSA) is 301 Å². The molecule has 0 aromatic rings.